The van der Waals surface area contributed by atoms with Gasteiger partial charge in [-0.25, -0.2) is 0 Å². The Morgan fingerprint density at radius 2 is 2.00 bits per heavy atom. The molecule has 2 nitrogen and oxygen atoms in total. The van der Waals surface area contributed by atoms with Gasteiger partial charge in [-0.05, 0) is 35.6 Å². The van der Waals surface area contributed by atoms with Gasteiger partial charge >= 0.3 is 0 Å². The third kappa shape index (κ3) is 2.72. The molecule has 2 aromatic carbocycles. The second-order valence-corrected chi connectivity index (χ2v) is 5.72. The van der Waals surface area contributed by atoms with Crippen LogP contribution in [-0.2, 0) is 11.2 Å². The third-order valence-corrected chi connectivity index (χ3v) is 4.42. The molecule has 1 heterocycles. The van der Waals surface area contributed by atoms with Gasteiger partial charge in [0.25, 0.3) is 0 Å². The van der Waals surface area contributed by atoms with Crippen molar-refractivity contribution in [3.8, 4) is 0 Å². The Morgan fingerprint density at radius 3 is 2.80 bits per heavy atom. The molecule has 0 saturated carbocycles. The van der Waals surface area contributed by atoms with Crippen molar-refractivity contribution in [3.63, 3.8) is 0 Å². The largest absolute Gasteiger partial charge is 0.392 e. The van der Waals surface area contributed by atoms with Gasteiger partial charge in [0, 0.05) is 12.5 Å². The highest BCUT2D eigenvalue weighted by Gasteiger charge is 2.32. The number of ether oxygens (including phenoxy) is 1. The predicted octanol–water partition coefficient (Wildman–Crippen LogP) is 3.56. The topological polar surface area (TPSA) is 29.5 Å². The lowest BCUT2D eigenvalue weighted by Crippen LogP contribution is -2.29. The highest BCUT2D eigenvalue weighted by molar-refractivity contribution is 5.82. The van der Waals surface area contributed by atoms with Crippen molar-refractivity contribution < 1.29 is 9.84 Å². The molecule has 1 aliphatic heterocycles. The lowest BCUT2D eigenvalue weighted by molar-refractivity contribution is 0.0318. The zero-order valence-corrected chi connectivity index (χ0v) is 12.0. The van der Waals surface area contributed by atoms with E-state index in [1.165, 1.54) is 16.3 Å². The number of fused-ring (bicyclic) bond motifs is 1. The number of benzene rings is 2. The van der Waals surface area contributed by atoms with Crippen LogP contribution in [0.2, 0.25) is 0 Å². The average molecular weight is 270 g/mol. The molecule has 106 valence electrons. The number of aliphatic hydroxyl groups excluding tert-OH is 1. The van der Waals surface area contributed by atoms with E-state index in [1.807, 2.05) is 0 Å². The zero-order chi connectivity index (χ0) is 13.9. The summed E-state index contributed by atoms with van der Waals surface area (Å²) in [4.78, 5) is 0. The molecule has 3 rings (SSSR count). The van der Waals surface area contributed by atoms with Crippen LogP contribution in [0.25, 0.3) is 10.8 Å². The fourth-order valence-electron chi connectivity index (χ4n) is 3.28. The molecule has 20 heavy (non-hydrogen) atoms. The molecule has 1 N–H and O–H groups in total. The highest BCUT2D eigenvalue weighted by Crippen LogP contribution is 2.28. The minimum absolute atomic E-state index is 0.227. The summed E-state index contributed by atoms with van der Waals surface area (Å²) >= 11 is 0. The molecule has 2 heteroatoms. The molecule has 2 aromatic rings. The molecule has 1 aliphatic rings. The molecule has 3 unspecified atom stereocenters. The fourth-order valence-corrected chi connectivity index (χ4v) is 3.28. The summed E-state index contributed by atoms with van der Waals surface area (Å²) in [5.41, 5.74) is 1.21. The van der Waals surface area contributed by atoms with Gasteiger partial charge in [-0.3, -0.25) is 0 Å². The Kier molecular flexibility index (Phi) is 4.04. The molecular formula is C18H22O2. The summed E-state index contributed by atoms with van der Waals surface area (Å²) in [6.45, 7) is 2.92. The molecule has 0 aromatic heterocycles. The van der Waals surface area contributed by atoms with Gasteiger partial charge in [0.05, 0.1) is 12.2 Å². The second kappa shape index (κ2) is 5.94. The van der Waals surface area contributed by atoms with E-state index < -0.39 is 0 Å². The van der Waals surface area contributed by atoms with Crippen molar-refractivity contribution in [2.45, 2.75) is 38.4 Å². The molecule has 0 radical (unpaired) electrons. The highest BCUT2D eigenvalue weighted by atomic mass is 16.5. The monoisotopic (exact) mass is 270 g/mol. The molecule has 1 fully saturated rings. The van der Waals surface area contributed by atoms with Crippen LogP contribution in [0.5, 0.6) is 0 Å². The molecule has 3 atom stereocenters. The van der Waals surface area contributed by atoms with Crippen molar-refractivity contribution in [2.75, 3.05) is 6.61 Å². The fraction of sp³-hybridized carbons (Fsp3) is 0.444. The quantitative estimate of drug-likeness (QED) is 0.920. The number of hydrogen-bond donors (Lipinski definition) is 1. The second-order valence-electron chi connectivity index (χ2n) is 5.72. The van der Waals surface area contributed by atoms with Gasteiger partial charge in [0.15, 0.2) is 0 Å². The van der Waals surface area contributed by atoms with Crippen LogP contribution >= 0.6 is 0 Å². The molecule has 0 amide bonds. The number of aliphatic hydroxyl groups is 1. The summed E-state index contributed by atoms with van der Waals surface area (Å²) in [6, 6.07) is 14.8. The van der Waals surface area contributed by atoms with Crippen molar-refractivity contribution in [1.29, 1.82) is 0 Å². The van der Waals surface area contributed by atoms with Gasteiger partial charge < -0.3 is 9.84 Å². The molecule has 0 aliphatic carbocycles. The Labute approximate surface area is 120 Å². The SMILES string of the molecule is CCC1OCCC1C(O)Cc1ccc2ccccc2c1. The Balaban J connectivity index is 1.75. The maximum atomic E-state index is 10.5. The lowest BCUT2D eigenvalue weighted by atomic mass is 9.89. The average Bonchev–Trinajstić information content (AvgIpc) is 2.95. The summed E-state index contributed by atoms with van der Waals surface area (Å²) < 4.78 is 5.68. The van der Waals surface area contributed by atoms with Crippen LogP contribution in [0.3, 0.4) is 0 Å². The molecule has 0 spiro atoms. The summed E-state index contributed by atoms with van der Waals surface area (Å²) in [5, 5.41) is 13.0. The smallest absolute Gasteiger partial charge is 0.0634 e. The van der Waals surface area contributed by atoms with E-state index in [-0.39, 0.29) is 18.1 Å². The van der Waals surface area contributed by atoms with Crippen LogP contribution in [0, 0.1) is 5.92 Å². The molecular weight excluding hydrogens is 248 g/mol. The first-order valence-corrected chi connectivity index (χ1v) is 7.55. The van der Waals surface area contributed by atoms with E-state index >= 15 is 0 Å². The van der Waals surface area contributed by atoms with Gasteiger partial charge in [0.1, 0.15) is 0 Å². The first-order chi connectivity index (χ1) is 9.78. The molecule has 1 saturated heterocycles. The molecule has 0 bridgehead atoms. The van der Waals surface area contributed by atoms with Gasteiger partial charge in [-0.2, -0.15) is 0 Å². The Bertz CT molecular complexity index is 578. The van der Waals surface area contributed by atoms with Crippen LogP contribution < -0.4 is 0 Å². The van der Waals surface area contributed by atoms with E-state index in [4.69, 9.17) is 4.74 Å². The summed E-state index contributed by atoms with van der Waals surface area (Å²) in [7, 11) is 0. The van der Waals surface area contributed by atoms with Gasteiger partial charge in [-0.1, -0.05) is 49.4 Å². The Morgan fingerprint density at radius 1 is 1.20 bits per heavy atom. The van der Waals surface area contributed by atoms with Gasteiger partial charge in [0.2, 0.25) is 0 Å². The number of hydrogen-bond acceptors (Lipinski definition) is 2. The van der Waals surface area contributed by atoms with Crippen molar-refractivity contribution in [2.24, 2.45) is 5.92 Å². The lowest BCUT2D eigenvalue weighted by Gasteiger charge is -2.22. The maximum absolute atomic E-state index is 10.5. The van der Waals surface area contributed by atoms with E-state index in [9.17, 15) is 5.11 Å². The van der Waals surface area contributed by atoms with E-state index in [1.54, 1.807) is 0 Å². The van der Waals surface area contributed by atoms with E-state index in [0.717, 1.165) is 25.9 Å². The summed E-state index contributed by atoms with van der Waals surface area (Å²) in [5.74, 6) is 0.284. The van der Waals surface area contributed by atoms with Crippen LogP contribution in [0.4, 0.5) is 0 Å². The van der Waals surface area contributed by atoms with Gasteiger partial charge in [-0.15, -0.1) is 0 Å². The first kappa shape index (κ1) is 13.6. The predicted molar refractivity (Wildman–Crippen MR) is 81.8 cm³/mol. The minimum Gasteiger partial charge on any atom is -0.392 e. The standard InChI is InChI=1S/C18H22O2/c1-2-18-16(9-10-20-18)17(19)12-13-7-8-14-5-3-4-6-15(14)11-13/h3-8,11,16-19H,2,9-10,12H2,1H3. The van der Waals surface area contributed by atoms with Crippen molar-refractivity contribution in [1.82, 2.24) is 0 Å². The number of rotatable bonds is 4. The van der Waals surface area contributed by atoms with Crippen LogP contribution in [0.1, 0.15) is 25.3 Å². The van der Waals surface area contributed by atoms with Crippen LogP contribution in [0.15, 0.2) is 42.5 Å². The van der Waals surface area contributed by atoms with Crippen LogP contribution in [-0.4, -0.2) is 23.9 Å². The van der Waals surface area contributed by atoms with Crippen molar-refractivity contribution in [3.05, 3.63) is 48.0 Å². The summed E-state index contributed by atoms with van der Waals surface area (Å²) in [6.07, 6.45) is 2.61. The van der Waals surface area contributed by atoms with Crippen molar-refractivity contribution >= 4 is 10.8 Å². The Hall–Kier alpha value is -1.38. The normalized spacial score (nSPS) is 24.1. The van der Waals surface area contributed by atoms with E-state index in [2.05, 4.69) is 49.4 Å². The maximum Gasteiger partial charge on any atom is 0.0634 e. The third-order valence-electron chi connectivity index (χ3n) is 4.42. The first-order valence-electron chi connectivity index (χ1n) is 7.55. The van der Waals surface area contributed by atoms with E-state index in [0.29, 0.717) is 0 Å². The minimum atomic E-state index is -0.302. The zero-order valence-electron chi connectivity index (χ0n) is 12.0.